The summed E-state index contributed by atoms with van der Waals surface area (Å²) >= 11 is 0. The number of hydrogen-bond acceptors (Lipinski definition) is 5. The fraction of sp³-hybridized carbons (Fsp3) is 0.0222. The summed E-state index contributed by atoms with van der Waals surface area (Å²) in [6.45, 7) is 5.93. The molecule has 6 heteroatoms. The molecule has 10 rings (SSSR count). The SMILES string of the molecule is C=C/C=C\C1=C(C)N2c3ccccc3Oc3cc(-c4ccc5c(c4)c4ccccc4n5-c4nc(-c5ccccc5)c5ccccc5n4)cc(c32)O1. The van der Waals surface area contributed by atoms with E-state index in [0.29, 0.717) is 5.95 Å². The third kappa shape index (κ3) is 4.50. The fourth-order valence-corrected chi connectivity index (χ4v) is 7.40. The summed E-state index contributed by atoms with van der Waals surface area (Å²) in [5.74, 6) is 3.66. The van der Waals surface area contributed by atoms with Crippen LogP contribution < -0.4 is 14.4 Å². The van der Waals surface area contributed by atoms with Gasteiger partial charge in [-0.05, 0) is 72.7 Å². The highest BCUT2D eigenvalue weighted by molar-refractivity contribution is 6.10. The molecule has 0 saturated carbocycles. The first-order chi connectivity index (χ1) is 25.2. The lowest BCUT2D eigenvalue weighted by atomic mass is 9.99. The minimum absolute atomic E-state index is 0.632. The smallest absolute Gasteiger partial charge is 0.235 e. The molecule has 0 radical (unpaired) electrons. The van der Waals surface area contributed by atoms with E-state index in [0.717, 1.165) is 95.2 Å². The molecule has 2 aliphatic rings. The van der Waals surface area contributed by atoms with Gasteiger partial charge in [0.2, 0.25) is 5.95 Å². The third-order valence-corrected chi connectivity index (χ3v) is 9.73. The van der Waals surface area contributed by atoms with Crippen LogP contribution in [-0.2, 0) is 0 Å². The van der Waals surface area contributed by atoms with Gasteiger partial charge in [-0.25, -0.2) is 9.97 Å². The average Bonchev–Trinajstić information content (AvgIpc) is 3.51. The maximum Gasteiger partial charge on any atom is 0.235 e. The van der Waals surface area contributed by atoms with E-state index in [4.69, 9.17) is 19.4 Å². The fourth-order valence-electron chi connectivity index (χ4n) is 7.40. The highest BCUT2D eigenvalue weighted by Gasteiger charge is 2.34. The highest BCUT2D eigenvalue weighted by Crippen LogP contribution is 2.56. The number of allylic oxidation sites excluding steroid dienone is 4. The Kier molecular flexibility index (Phi) is 6.45. The number of nitrogens with zero attached hydrogens (tertiary/aromatic N) is 4. The van der Waals surface area contributed by atoms with Crippen LogP contribution in [0.2, 0.25) is 0 Å². The van der Waals surface area contributed by atoms with Crippen molar-refractivity contribution in [3.05, 3.63) is 170 Å². The summed E-state index contributed by atoms with van der Waals surface area (Å²) in [6, 6.07) is 45.9. The molecule has 0 fully saturated rings. The lowest BCUT2D eigenvalue weighted by Gasteiger charge is -2.38. The topological polar surface area (TPSA) is 52.4 Å². The molecule has 0 unspecified atom stereocenters. The Morgan fingerprint density at radius 2 is 1.33 bits per heavy atom. The number of fused-ring (bicyclic) bond motifs is 6. The van der Waals surface area contributed by atoms with E-state index in [2.05, 4.69) is 108 Å². The van der Waals surface area contributed by atoms with Gasteiger partial charge in [-0.2, -0.15) is 0 Å². The van der Waals surface area contributed by atoms with Gasteiger partial charge in [0.25, 0.3) is 0 Å². The van der Waals surface area contributed by atoms with Gasteiger partial charge in [-0.15, -0.1) is 0 Å². The Labute approximate surface area is 294 Å². The Morgan fingerprint density at radius 1 is 0.608 bits per heavy atom. The first kappa shape index (κ1) is 29.0. The second-order valence-corrected chi connectivity index (χ2v) is 12.7. The van der Waals surface area contributed by atoms with E-state index in [1.165, 1.54) is 0 Å². The lowest BCUT2D eigenvalue weighted by Crippen LogP contribution is -2.25. The Bertz CT molecular complexity index is 2790. The van der Waals surface area contributed by atoms with Gasteiger partial charge in [0.15, 0.2) is 17.2 Å². The standard InChI is InChI=1S/C45H30N4O2/c1-3-4-21-39-28(2)48-38-20-12-13-22-40(38)51-42-27-31(26-41(50-39)44(42)48)30-23-24-37-34(25-30)32-16-9-11-19-36(32)49(37)45-46-35-18-10-8-17-33(35)43(47-45)29-14-6-5-7-15-29/h3-27H,1H2,2H3/b21-4-. The van der Waals surface area contributed by atoms with Gasteiger partial charge in [-0.1, -0.05) is 104 Å². The van der Waals surface area contributed by atoms with Crippen molar-refractivity contribution < 1.29 is 9.47 Å². The quantitative estimate of drug-likeness (QED) is 0.172. The van der Waals surface area contributed by atoms with Crippen LogP contribution in [0.5, 0.6) is 17.2 Å². The number of benzene rings is 6. The van der Waals surface area contributed by atoms with E-state index in [1.807, 2.05) is 60.7 Å². The molecule has 51 heavy (non-hydrogen) atoms. The second kappa shape index (κ2) is 11.3. The van der Waals surface area contributed by atoms with Crippen molar-refractivity contribution in [1.29, 1.82) is 0 Å². The predicted octanol–water partition coefficient (Wildman–Crippen LogP) is 11.7. The van der Waals surface area contributed by atoms with Crippen LogP contribution in [0.15, 0.2) is 170 Å². The average molecular weight is 659 g/mol. The van der Waals surface area contributed by atoms with Crippen LogP contribution in [-0.4, -0.2) is 14.5 Å². The molecule has 2 aliphatic heterocycles. The van der Waals surface area contributed by atoms with Crippen LogP contribution >= 0.6 is 0 Å². The Hall–Kier alpha value is -6.92. The summed E-state index contributed by atoms with van der Waals surface area (Å²) in [5.41, 5.74) is 9.80. The molecule has 8 aromatic rings. The molecule has 6 aromatic carbocycles. The Balaban J connectivity index is 1.16. The van der Waals surface area contributed by atoms with Crippen LogP contribution in [0.25, 0.3) is 61.0 Å². The van der Waals surface area contributed by atoms with Crippen molar-refractivity contribution in [3.63, 3.8) is 0 Å². The number of ether oxygens (including phenoxy) is 2. The molecule has 0 atom stereocenters. The summed E-state index contributed by atoms with van der Waals surface area (Å²) < 4.78 is 15.3. The van der Waals surface area contributed by atoms with Gasteiger partial charge in [0, 0.05) is 21.7 Å². The molecule has 0 spiro atoms. The van der Waals surface area contributed by atoms with Gasteiger partial charge in [-0.3, -0.25) is 4.57 Å². The molecule has 0 N–H and O–H groups in total. The molecule has 0 saturated heterocycles. The van der Waals surface area contributed by atoms with E-state index in [1.54, 1.807) is 6.08 Å². The zero-order valence-corrected chi connectivity index (χ0v) is 27.7. The molecule has 242 valence electrons. The molecule has 0 amide bonds. The van der Waals surface area contributed by atoms with Crippen LogP contribution in [0.4, 0.5) is 11.4 Å². The number of para-hydroxylation sites is 4. The van der Waals surface area contributed by atoms with Gasteiger partial charge < -0.3 is 14.4 Å². The van der Waals surface area contributed by atoms with Crippen molar-refractivity contribution in [2.24, 2.45) is 0 Å². The zero-order chi connectivity index (χ0) is 34.1. The molecule has 0 aliphatic carbocycles. The zero-order valence-electron chi connectivity index (χ0n) is 27.7. The summed E-state index contributed by atoms with van der Waals surface area (Å²) in [5, 5.41) is 3.24. The van der Waals surface area contributed by atoms with Gasteiger partial charge >= 0.3 is 0 Å². The van der Waals surface area contributed by atoms with Crippen LogP contribution in [0.3, 0.4) is 0 Å². The van der Waals surface area contributed by atoms with Crippen molar-refractivity contribution in [1.82, 2.24) is 14.5 Å². The van der Waals surface area contributed by atoms with Crippen molar-refractivity contribution in [2.75, 3.05) is 4.90 Å². The molecule has 2 aromatic heterocycles. The molecule has 4 heterocycles. The molecular formula is C45H30N4O2. The Morgan fingerprint density at radius 3 is 2.20 bits per heavy atom. The monoisotopic (exact) mass is 658 g/mol. The third-order valence-electron chi connectivity index (χ3n) is 9.73. The van der Waals surface area contributed by atoms with Gasteiger partial charge in [0.1, 0.15) is 11.4 Å². The lowest BCUT2D eigenvalue weighted by molar-refractivity contribution is 0.413. The van der Waals surface area contributed by atoms with Crippen LogP contribution in [0.1, 0.15) is 6.92 Å². The maximum absolute atomic E-state index is 6.58. The minimum atomic E-state index is 0.632. The van der Waals surface area contributed by atoms with Gasteiger partial charge in [0.05, 0.1) is 33.6 Å². The summed E-state index contributed by atoms with van der Waals surface area (Å²) in [6.07, 6.45) is 5.60. The first-order valence-corrected chi connectivity index (χ1v) is 17.0. The molecule has 6 nitrogen and oxygen atoms in total. The van der Waals surface area contributed by atoms with Crippen molar-refractivity contribution >= 4 is 44.1 Å². The molecule has 0 bridgehead atoms. The van der Waals surface area contributed by atoms with E-state index in [9.17, 15) is 0 Å². The molecular weight excluding hydrogens is 629 g/mol. The number of anilines is 2. The van der Waals surface area contributed by atoms with Crippen molar-refractivity contribution in [2.45, 2.75) is 6.92 Å². The highest BCUT2D eigenvalue weighted by atomic mass is 16.5. The largest absolute Gasteiger partial charge is 0.453 e. The maximum atomic E-state index is 6.58. The normalized spacial score (nSPS) is 13.4. The minimum Gasteiger partial charge on any atom is -0.453 e. The number of hydrogen-bond donors (Lipinski definition) is 0. The predicted molar refractivity (Wildman–Crippen MR) is 206 cm³/mol. The van der Waals surface area contributed by atoms with E-state index >= 15 is 0 Å². The van der Waals surface area contributed by atoms with Crippen LogP contribution in [0, 0.1) is 0 Å². The number of aromatic nitrogens is 3. The first-order valence-electron chi connectivity index (χ1n) is 17.0. The summed E-state index contributed by atoms with van der Waals surface area (Å²) in [4.78, 5) is 12.6. The second-order valence-electron chi connectivity index (χ2n) is 12.7. The van der Waals surface area contributed by atoms with E-state index in [-0.39, 0.29) is 0 Å². The summed E-state index contributed by atoms with van der Waals surface area (Å²) in [7, 11) is 0. The van der Waals surface area contributed by atoms with E-state index < -0.39 is 0 Å². The van der Waals surface area contributed by atoms with Crippen molar-refractivity contribution in [3.8, 4) is 45.6 Å². The number of rotatable bonds is 5.